The van der Waals surface area contributed by atoms with E-state index in [1.807, 2.05) is 36.4 Å². The number of carbonyl (C=O) groups excluding carboxylic acids is 1. The maximum atomic E-state index is 13.1. The van der Waals surface area contributed by atoms with E-state index in [9.17, 15) is 14.7 Å². The van der Waals surface area contributed by atoms with Crippen LogP contribution in [0.5, 0.6) is 0 Å². The maximum Gasteiger partial charge on any atom is 0.335 e. The number of benzene rings is 3. The molecule has 3 aromatic rings. The number of carboxylic acids is 1. The van der Waals surface area contributed by atoms with Crippen LogP contribution in [-0.4, -0.2) is 29.4 Å². The Hall–Kier alpha value is -3.77. The van der Waals surface area contributed by atoms with E-state index < -0.39 is 11.4 Å². The highest BCUT2D eigenvalue weighted by molar-refractivity contribution is 6.34. The van der Waals surface area contributed by atoms with Gasteiger partial charge < -0.3 is 15.8 Å². The predicted octanol–water partition coefficient (Wildman–Crippen LogP) is 6.13. The van der Waals surface area contributed by atoms with Crippen molar-refractivity contribution in [3.63, 3.8) is 0 Å². The molecule has 34 heavy (non-hydrogen) atoms. The van der Waals surface area contributed by atoms with E-state index in [0.29, 0.717) is 29.1 Å². The molecule has 0 aromatic heterocycles. The first kappa shape index (κ1) is 22.0. The second-order valence-electron chi connectivity index (χ2n) is 8.74. The van der Waals surface area contributed by atoms with Crippen LogP contribution in [0.2, 0.25) is 5.02 Å². The van der Waals surface area contributed by atoms with E-state index in [1.54, 1.807) is 31.3 Å². The van der Waals surface area contributed by atoms with Gasteiger partial charge in [0.15, 0.2) is 0 Å². The minimum atomic E-state index is -0.968. The van der Waals surface area contributed by atoms with Gasteiger partial charge in [0.05, 0.1) is 21.7 Å². The number of carboxylic acid groups (broad SMARTS) is 1. The number of hydrogen-bond donors (Lipinski definition) is 3. The second-order valence-corrected chi connectivity index (χ2v) is 9.14. The number of aromatic carboxylic acids is 1. The summed E-state index contributed by atoms with van der Waals surface area (Å²) >= 11 is 6.60. The zero-order valence-corrected chi connectivity index (χ0v) is 19.2. The fourth-order valence-corrected chi connectivity index (χ4v) is 5.13. The molecular weight excluding hydrogens is 450 g/mol. The van der Waals surface area contributed by atoms with Gasteiger partial charge >= 0.3 is 5.97 Å². The van der Waals surface area contributed by atoms with Crippen molar-refractivity contribution in [2.45, 2.75) is 31.1 Å². The summed E-state index contributed by atoms with van der Waals surface area (Å²) in [4.78, 5) is 29.0. The summed E-state index contributed by atoms with van der Waals surface area (Å²) in [5.41, 5.74) is 5.23. The monoisotopic (exact) mass is 471 g/mol. The maximum absolute atomic E-state index is 13.1. The molecule has 1 heterocycles. The number of hydrogen-bond acceptors (Lipinski definition) is 4. The van der Waals surface area contributed by atoms with Gasteiger partial charge in [-0.2, -0.15) is 0 Å². The van der Waals surface area contributed by atoms with Crippen molar-refractivity contribution in [2.24, 2.45) is 4.99 Å². The number of amides is 1. The lowest BCUT2D eigenvalue weighted by atomic mass is 9.89. The zero-order valence-electron chi connectivity index (χ0n) is 18.4. The molecule has 1 aliphatic heterocycles. The Labute approximate surface area is 201 Å². The van der Waals surface area contributed by atoms with Gasteiger partial charge in [-0.25, -0.2) is 4.79 Å². The van der Waals surface area contributed by atoms with E-state index >= 15 is 0 Å². The first-order chi connectivity index (χ1) is 16.3. The van der Waals surface area contributed by atoms with Crippen molar-refractivity contribution in [3.05, 3.63) is 81.9 Å². The van der Waals surface area contributed by atoms with Crippen molar-refractivity contribution in [1.82, 2.24) is 0 Å². The molecule has 170 valence electrons. The van der Waals surface area contributed by atoms with Crippen LogP contribution in [0.25, 0.3) is 11.1 Å². The van der Waals surface area contributed by atoms with Gasteiger partial charge in [-0.1, -0.05) is 35.9 Å². The van der Waals surface area contributed by atoms with Gasteiger partial charge in [-0.3, -0.25) is 9.79 Å². The lowest BCUT2D eigenvalue weighted by molar-refractivity contribution is -0.118. The van der Waals surface area contributed by atoms with Crippen molar-refractivity contribution in [2.75, 3.05) is 5.32 Å². The van der Waals surface area contributed by atoms with Gasteiger partial charge in [0.25, 0.3) is 0 Å². The first-order valence-corrected chi connectivity index (χ1v) is 11.3. The van der Waals surface area contributed by atoms with E-state index in [0.717, 1.165) is 27.9 Å². The van der Waals surface area contributed by atoms with Crippen LogP contribution in [0.15, 0.2) is 59.6 Å². The second kappa shape index (κ2) is 8.22. The summed E-state index contributed by atoms with van der Waals surface area (Å²) in [7, 11) is 0. The molecule has 1 saturated carbocycles. The minimum absolute atomic E-state index is 0.0750. The Morgan fingerprint density at radius 1 is 1.24 bits per heavy atom. The first-order valence-electron chi connectivity index (χ1n) is 11.0. The highest BCUT2D eigenvalue weighted by Gasteiger charge is 2.65. The molecule has 1 fully saturated rings. The Morgan fingerprint density at radius 3 is 2.71 bits per heavy atom. The number of anilines is 1. The number of nitrogens with one attached hydrogen (secondary N) is 2. The number of aliphatic imine (C=N–C) groups is 1. The number of fused-ring (bicyclic) bond motifs is 2. The smallest absolute Gasteiger partial charge is 0.335 e. The normalized spacial score (nSPS) is 20.4. The summed E-state index contributed by atoms with van der Waals surface area (Å²) in [6.45, 7) is 1.77. The molecule has 1 spiro atoms. The SMILES string of the molecule is Cc1ccc(C2CC23C(=O)Nc2cc(Cl)c(-c4ccc(N=CCC=N)cc4)cc23)cc1C(=O)O. The van der Waals surface area contributed by atoms with Crippen molar-refractivity contribution in [3.8, 4) is 11.1 Å². The van der Waals surface area contributed by atoms with Gasteiger partial charge in [0, 0.05) is 36.0 Å². The molecule has 0 saturated heterocycles. The van der Waals surface area contributed by atoms with Crippen LogP contribution in [0.4, 0.5) is 11.4 Å². The largest absolute Gasteiger partial charge is 0.478 e. The Morgan fingerprint density at radius 2 is 2.00 bits per heavy atom. The molecular formula is C27H22ClN3O3. The van der Waals surface area contributed by atoms with E-state index in [-0.39, 0.29) is 17.4 Å². The summed E-state index contributed by atoms with van der Waals surface area (Å²) in [5.74, 6) is -1.13. The molecule has 3 N–H and O–H groups in total. The number of halogens is 1. The lowest BCUT2D eigenvalue weighted by Gasteiger charge is -2.13. The van der Waals surface area contributed by atoms with Gasteiger partial charge in [0.2, 0.25) is 5.91 Å². The van der Waals surface area contributed by atoms with Gasteiger partial charge in [0.1, 0.15) is 0 Å². The van der Waals surface area contributed by atoms with E-state index in [1.165, 1.54) is 6.21 Å². The highest BCUT2D eigenvalue weighted by Crippen LogP contribution is 2.65. The molecule has 7 heteroatoms. The predicted molar refractivity (Wildman–Crippen MR) is 134 cm³/mol. The molecule has 1 amide bonds. The van der Waals surface area contributed by atoms with Gasteiger partial charge in [-0.15, -0.1) is 0 Å². The third-order valence-electron chi connectivity index (χ3n) is 6.74. The highest BCUT2D eigenvalue weighted by atomic mass is 35.5. The number of carbonyl (C=O) groups is 2. The molecule has 2 atom stereocenters. The van der Waals surface area contributed by atoms with Crippen LogP contribution in [0.3, 0.4) is 0 Å². The Bertz CT molecular complexity index is 1380. The van der Waals surface area contributed by atoms with Crippen LogP contribution >= 0.6 is 11.6 Å². The lowest BCUT2D eigenvalue weighted by Crippen LogP contribution is -2.21. The average molecular weight is 472 g/mol. The third kappa shape index (κ3) is 3.51. The summed E-state index contributed by atoms with van der Waals surface area (Å²) in [6.07, 6.45) is 4.07. The summed E-state index contributed by atoms with van der Waals surface area (Å²) in [5, 5.41) is 20.1. The zero-order chi connectivity index (χ0) is 24.0. The number of rotatable bonds is 6. The van der Waals surface area contributed by atoms with Crippen LogP contribution in [-0.2, 0) is 10.2 Å². The molecule has 0 radical (unpaired) electrons. The fraction of sp³-hybridized carbons (Fsp3) is 0.185. The molecule has 6 nitrogen and oxygen atoms in total. The van der Waals surface area contributed by atoms with Crippen molar-refractivity contribution >= 4 is 47.3 Å². The van der Waals surface area contributed by atoms with Crippen LogP contribution < -0.4 is 5.32 Å². The quantitative estimate of drug-likeness (QED) is 0.376. The number of nitrogens with zero attached hydrogens (tertiary/aromatic N) is 1. The fourth-order valence-electron chi connectivity index (χ4n) is 4.86. The average Bonchev–Trinajstić information content (AvgIpc) is 3.51. The summed E-state index contributed by atoms with van der Waals surface area (Å²) in [6, 6.07) is 16.8. The van der Waals surface area contributed by atoms with Crippen molar-refractivity contribution < 1.29 is 14.7 Å². The molecule has 2 aliphatic rings. The molecule has 0 bridgehead atoms. The molecule has 5 rings (SSSR count). The minimum Gasteiger partial charge on any atom is -0.478 e. The molecule has 2 unspecified atom stereocenters. The Balaban J connectivity index is 1.51. The van der Waals surface area contributed by atoms with E-state index in [2.05, 4.69) is 10.3 Å². The van der Waals surface area contributed by atoms with E-state index in [4.69, 9.17) is 17.0 Å². The van der Waals surface area contributed by atoms with Crippen molar-refractivity contribution in [1.29, 1.82) is 5.41 Å². The van der Waals surface area contributed by atoms with Crippen LogP contribution in [0, 0.1) is 12.3 Å². The van der Waals surface area contributed by atoms with Gasteiger partial charge in [-0.05, 0) is 65.9 Å². The topological polar surface area (TPSA) is 103 Å². The Kier molecular flexibility index (Phi) is 5.33. The number of aryl methyl sites for hydroxylation is 1. The third-order valence-corrected chi connectivity index (χ3v) is 7.05. The standard InChI is InChI=1S/C27H22ClN3O3/c1-15-3-4-17(11-19(15)25(32)33)22-14-27(22)21-12-20(23(28)13-24(21)31-26(27)34)16-5-7-18(8-6-16)30-10-2-9-29/h3-13,22,29H,2,14H2,1H3,(H,31,34)(H,32,33). The molecule has 1 aliphatic carbocycles. The summed E-state index contributed by atoms with van der Waals surface area (Å²) < 4.78 is 0. The molecule has 3 aromatic carbocycles. The van der Waals surface area contributed by atoms with Crippen LogP contribution in [0.1, 0.15) is 45.8 Å².